The highest BCUT2D eigenvalue weighted by molar-refractivity contribution is 5.78. The van der Waals surface area contributed by atoms with E-state index in [2.05, 4.69) is 6.58 Å². The summed E-state index contributed by atoms with van der Waals surface area (Å²) in [5.74, 6) is 0.612. The van der Waals surface area contributed by atoms with Crippen molar-refractivity contribution in [2.24, 2.45) is 5.92 Å². The van der Waals surface area contributed by atoms with Crippen LogP contribution in [0.15, 0.2) is 12.7 Å². The molecular weight excluding hydrogens is 178 g/mol. The van der Waals surface area contributed by atoms with Gasteiger partial charge >= 0.3 is 0 Å². The van der Waals surface area contributed by atoms with Gasteiger partial charge in [-0.1, -0.05) is 6.08 Å². The van der Waals surface area contributed by atoms with E-state index in [1.807, 2.05) is 17.9 Å². The molecule has 1 aliphatic heterocycles. The highest BCUT2D eigenvalue weighted by atomic mass is 16.5. The maximum atomic E-state index is 11.4. The third-order valence-electron chi connectivity index (χ3n) is 2.50. The summed E-state index contributed by atoms with van der Waals surface area (Å²) in [6.07, 6.45) is 3.45. The van der Waals surface area contributed by atoms with Gasteiger partial charge in [-0.15, -0.1) is 6.58 Å². The van der Waals surface area contributed by atoms with E-state index < -0.39 is 0 Å². The van der Waals surface area contributed by atoms with Crippen molar-refractivity contribution in [1.29, 1.82) is 0 Å². The van der Waals surface area contributed by atoms with Gasteiger partial charge in [0.1, 0.15) is 0 Å². The Labute approximate surface area is 85.7 Å². The van der Waals surface area contributed by atoms with Crippen molar-refractivity contribution in [3.63, 3.8) is 0 Å². The summed E-state index contributed by atoms with van der Waals surface area (Å²) >= 11 is 0. The number of rotatable bonds is 6. The quantitative estimate of drug-likeness (QED) is 0.476. The Hall–Kier alpha value is -0.830. The number of carbonyl (C=O) groups excluding carboxylic acids is 1. The average Bonchev–Trinajstić information content (AvgIpc) is 2.54. The van der Waals surface area contributed by atoms with Crippen LogP contribution in [0.2, 0.25) is 0 Å². The molecule has 0 bridgehead atoms. The lowest BCUT2D eigenvalue weighted by molar-refractivity contribution is -0.127. The van der Waals surface area contributed by atoms with E-state index in [0.29, 0.717) is 12.3 Å². The van der Waals surface area contributed by atoms with Crippen molar-refractivity contribution in [2.45, 2.75) is 19.8 Å². The highest BCUT2D eigenvalue weighted by Gasteiger charge is 2.26. The van der Waals surface area contributed by atoms with Crippen LogP contribution in [0, 0.1) is 5.92 Å². The second-order valence-corrected chi connectivity index (χ2v) is 3.59. The third kappa shape index (κ3) is 3.14. The van der Waals surface area contributed by atoms with E-state index in [9.17, 15) is 4.79 Å². The fourth-order valence-electron chi connectivity index (χ4n) is 1.68. The van der Waals surface area contributed by atoms with Crippen molar-refractivity contribution < 1.29 is 9.53 Å². The second-order valence-electron chi connectivity index (χ2n) is 3.59. The van der Waals surface area contributed by atoms with Crippen LogP contribution in [0.5, 0.6) is 0 Å². The summed E-state index contributed by atoms with van der Waals surface area (Å²) in [4.78, 5) is 13.4. The number of amides is 1. The Morgan fingerprint density at radius 2 is 2.50 bits per heavy atom. The van der Waals surface area contributed by atoms with Crippen molar-refractivity contribution in [2.75, 3.05) is 26.3 Å². The van der Waals surface area contributed by atoms with E-state index in [1.54, 1.807) is 0 Å². The molecule has 1 atom stereocenters. The third-order valence-corrected chi connectivity index (χ3v) is 2.50. The smallest absolute Gasteiger partial charge is 0.223 e. The molecule has 0 aromatic rings. The molecule has 14 heavy (non-hydrogen) atoms. The van der Waals surface area contributed by atoms with Gasteiger partial charge in [0.05, 0.1) is 0 Å². The number of likely N-dealkylation sites (tertiary alicyclic amines) is 1. The van der Waals surface area contributed by atoms with E-state index in [4.69, 9.17) is 4.74 Å². The minimum absolute atomic E-state index is 0.256. The number of carbonyl (C=O) groups is 1. The molecule has 3 nitrogen and oxygen atoms in total. The molecule has 80 valence electrons. The van der Waals surface area contributed by atoms with Crippen LogP contribution < -0.4 is 0 Å². The molecule has 1 unspecified atom stereocenters. The lowest BCUT2D eigenvalue weighted by Gasteiger charge is -2.15. The SMILES string of the molecule is C=CC1CC(=O)N(CCCOCC)C1. The van der Waals surface area contributed by atoms with Gasteiger partial charge in [-0.05, 0) is 13.3 Å². The van der Waals surface area contributed by atoms with Crippen LogP contribution in [0.25, 0.3) is 0 Å². The first-order chi connectivity index (χ1) is 6.77. The first-order valence-corrected chi connectivity index (χ1v) is 5.26. The summed E-state index contributed by atoms with van der Waals surface area (Å²) in [6.45, 7) is 8.87. The van der Waals surface area contributed by atoms with Gasteiger partial charge in [0.25, 0.3) is 0 Å². The van der Waals surface area contributed by atoms with Crippen LogP contribution in [-0.4, -0.2) is 37.1 Å². The van der Waals surface area contributed by atoms with Crippen LogP contribution in [-0.2, 0) is 9.53 Å². The zero-order valence-electron chi connectivity index (χ0n) is 8.87. The molecule has 3 heteroatoms. The summed E-state index contributed by atoms with van der Waals surface area (Å²) in [5, 5.41) is 0. The van der Waals surface area contributed by atoms with E-state index in [0.717, 1.165) is 32.7 Å². The Balaban J connectivity index is 2.18. The van der Waals surface area contributed by atoms with Crippen LogP contribution in [0.1, 0.15) is 19.8 Å². The molecule has 1 fully saturated rings. The Morgan fingerprint density at radius 3 is 3.07 bits per heavy atom. The first kappa shape index (κ1) is 11.2. The maximum Gasteiger partial charge on any atom is 0.223 e. The highest BCUT2D eigenvalue weighted by Crippen LogP contribution is 2.18. The topological polar surface area (TPSA) is 29.5 Å². The standard InChI is InChI=1S/C11H19NO2/c1-3-10-8-11(13)12(9-10)6-5-7-14-4-2/h3,10H,1,4-9H2,2H3. The predicted octanol–water partition coefficient (Wildman–Crippen LogP) is 1.45. The van der Waals surface area contributed by atoms with Crippen LogP contribution in [0.3, 0.4) is 0 Å². The fourth-order valence-corrected chi connectivity index (χ4v) is 1.68. The average molecular weight is 197 g/mol. The van der Waals surface area contributed by atoms with E-state index >= 15 is 0 Å². The molecule has 0 aromatic heterocycles. The first-order valence-electron chi connectivity index (χ1n) is 5.26. The van der Waals surface area contributed by atoms with Gasteiger partial charge in [0, 0.05) is 38.6 Å². The molecule has 0 N–H and O–H groups in total. The summed E-state index contributed by atoms with van der Waals surface area (Å²) < 4.78 is 5.22. The van der Waals surface area contributed by atoms with Crippen molar-refractivity contribution in [3.05, 3.63) is 12.7 Å². The number of ether oxygens (including phenoxy) is 1. The summed E-state index contributed by atoms with van der Waals surface area (Å²) in [5.41, 5.74) is 0. The lowest BCUT2D eigenvalue weighted by Crippen LogP contribution is -2.27. The van der Waals surface area contributed by atoms with Gasteiger partial charge in [0.15, 0.2) is 0 Å². The van der Waals surface area contributed by atoms with Gasteiger partial charge in [-0.25, -0.2) is 0 Å². The molecule has 1 saturated heterocycles. The molecular formula is C11H19NO2. The van der Waals surface area contributed by atoms with Gasteiger partial charge in [0.2, 0.25) is 5.91 Å². The minimum atomic E-state index is 0.256. The normalized spacial score (nSPS) is 21.6. The fraction of sp³-hybridized carbons (Fsp3) is 0.727. The number of hydrogen-bond donors (Lipinski definition) is 0. The van der Waals surface area contributed by atoms with Crippen molar-refractivity contribution >= 4 is 5.91 Å². The predicted molar refractivity (Wildman–Crippen MR) is 56.0 cm³/mol. The molecule has 1 heterocycles. The number of hydrogen-bond acceptors (Lipinski definition) is 2. The zero-order chi connectivity index (χ0) is 10.4. The molecule has 0 aromatic carbocycles. The Morgan fingerprint density at radius 1 is 1.71 bits per heavy atom. The van der Waals surface area contributed by atoms with E-state index in [-0.39, 0.29) is 5.91 Å². The van der Waals surface area contributed by atoms with Crippen molar-refractivity contribution in [1.82, 2.24) is 4.90 Å². The van der Waals surface area contributed by atoms with Crippen molar-refractivity contribution in [3.8, 4) is 0 Å². The molecule has 1 amide bonds. The van der Waals surface area contributed by atoms with Gasteiger partial charge < -0.3 is 9.64 Å². The molecule has 0 radical (unpaired) electrons. The molecule has 1 aliphatic rings. The molecule has 0 spiro atoms. The lowest BCUT2D eigenvalue weighted by atomic mass is 10.1. The largest absolute Gasteiger partial charge is 0.382 e. The monoisotopic (exact) mass is 197 g/mol. The maximum absolute atomic E-state index is 11.4. The number of nitrogens with zero attached hydrogens (tertiary/aromatic N) is 1. The minimum Gasteiger partial charge on any atom is -0.382 e. The molecule has 0 aliphatic carbocycles. The molecule has 1 rings (SSSR count). The summed E-state index contributed by atoms with van der Waals surface area (Å²) in [6, 6.07) is 0. The Kier molecular flexibility index (Phi) is 4.66. The van der Waals surface area contributed by atoms with Gasteiger partial charge in [-0.2, -0.15) is 0 Å². The second kappa shape index (κ2) is 5.81. The van der Waals surface area contributed by atoms with Gasteiger partial charge in [-0.3, -0.25) is 4.79 Å². The van der Waals surface area contributed by atoms with Crippen LogP contribution in [0.4, 0.5) is 0 Å². The zero-order valence-corrected chi connectivity index (χ0v) is 8.87. The van der Waals surface area contributed by atoms with E-state index in [1.165, 1.54) is 0 Å². The Bertz CT molecular complexity index is 203. The molecule has 0 saturated carbocycles. The summed E-state index contributed by atoms with van der Waals surface area (Å²) in [7, 11) is 0. The van der Waals surface area contributed by atoms with Crippen LogP contribution >= 0.6 is 0 Å².